The zero-order valence-electron chi connectivity index (χ0n) is 11.7. The number of methoxy groups -OCH3 is 1. The molecule has 1 aromatic carbocycles. The van der Waals surface area contributed by atoms with Crippen molar-refractivity contribution in [3.8, 4) is 0 Å². The van der Waals surface area contributed by atoms with Gasteiger partial charge in [0.05, 0.1) is 6.61 Å². The van der Waals surface area contributed by atoms with E-state index in [0.29, 0.717) is 18.1 Å². The fraction of sp³-hybridized carbons (Fsp3) is 0.625. The van der Waals surface area contributed by atoms with E-state index in [4.69, 9.17) is 10.5 Å². The Bertz CT molecular complexity index is 421. The van der Waals surface area contributed by atoms with E-state index in [1.54, 1.807) is 7.11 Å². The third-order valence-corrected chi connectivity index (χ3v) is 4.61. The van der Waals surface area contributed by atoms with Crippen LogP contribution >= 0.6 is 0 Å². The first kappa shape index (κ1) is 12.9. The van der Waals surface area contributed by atoms with E-state index in [1.165, 1.54) is 24.1 Å². The second-order valence-corrected chi connectivity index (χ2v) is 5.90. The molecule has 0 amide bonds. The van der Waals surface area contributed by atoms with Gasteiger partial charge in [-0.3, -0.25) is 0 Å². The SMILES string of the molecule is COCCc1ccccc1N1C2CCC1CC(N)C2. The summed E-state index contributed by atoms with van der Waals surface area (Å²) >= 11 is 0. The highest BCUT2D eigenvalue weighted by Gasteiger charge is 2.40. The number of nitrogens with zero attached hydrogens (tertiary/aromatic N) is 1. The summed E-state index contributed by atoms with van der Waals surface area (Å²) in [5, 5.41) is 0. The van der Waals surface area contributed by atoms with Gasteiger partial charge in [0.25, 0.3) is 0 Å². The zero-order chi connectivity index (χ0) is 13.2. The lowest BCUT2D eigenvalue weighted by atomic mass is 9.96. The van der Waals surface area contributed by atoms with Crippen LogP contribution in [0.15, 0.2) is 24.3 Å². The fourth-order valence-corrected chi connectivity index (χ4v) is 3.80. The first-order valence-electron chi connectivity index (χ1n) is 7.40. The average Bonchev–Trinajstić information content (AvgIpc) is 2.68. The summed E-state index contributed by atoms with van der Waals surface area (Å²) in [6.45, 7) is 0.791. The normalized spacial score (nSPS) is 29.8. The molecule has 0 saturated carbocycles. The number of ether oxygens (including phenoxy) is 1. The van der Waals surface area contributed by atoms with Crippen LogP contribution in [-0.2, 0) is 11.2 Å². The molecule has 2 heterocycles. The van der Waals surface area contributed by atoms with Crippen LogP contribution in [-0.4, -0.2) is 31.8 Å². The molecule has 3 nitrogen and oxygen atoms in total. The van der Waals surface area contributed by atoms with Gasteiger partial charge in [-0.15, -0.1) is 0 Å². The van der Waals surface area contributed by atoms with Gasteiger partial charge in [-0.05, 0) is 43.7 Å². The summed E-state index contributed by atoms with van der Waals surface area (Å²) in [7, 11) is 1.77. The van der Waals surface area contributed by atoms with Gasteiger partial charge in [-0.25, -0.2) is 0 Å². The first-order valence-corrected chi connectivity index (χ1v) is 7.40. The highest BCUT2D eigenvalue weighted by Crippen LogP contribution is 2.40. The summed E-state index contributed by atoms with van der Waals surface area (Å²) < 4.78 is 5.24. The quantitative estimate of drug-likeness (QED) is 0.903. The Morgan fingerprint density at radius 2 is 1.89 bits per heavy atom. The molecule has 2 aliphatic rings. The number of anilines is 1. The Morgan fingerprint density at radius 3 is 2.58 bits per heavy atom. The van der Waals surface area contributed by atoms with Gasteiger partial charge in [-0.1, -0.05) is 18.2 Å². The summed E-state index contributed by atoms with van der Waals surface area (Å²) in [6.07, 6.45) is 5.90. The van der Waals surface area contributed by atoms with Gasteiger partial charge in [0, 0.05) is 30.9 Å². The lowest BCUT2D eigenvalue weighted by Gasteiger charge is -2.40. The van der Waals surface area contributed by atoms with Crippen molar-refractivity contribution in [3.63, 3.8) is 0 Å². The van der Waals surface area contributed by atoms with Crippen LogP contribution in [0.2, 0.25) is 0 Å². The Balaban J connectivity index is 1.86. The molecule has 2 aliphatic heterocycles. The third-order valence-electron chi connectivity index (χ3n) is 4.61. The van der Waals surface area contributed by atoms with Crippen LogP contribution < -0.4 is 10.6 Å². The topological polar surface area (TPSA) is 38.5 Å². The third kappa shape index (κ3) is 2.49. The second-order valence-electron chi connectivity index (χ2n) is 5.90. The largest absolute Gasteiger partial charge is 0.384 e. The van der Waals surface area contributed by atoms with Crippen LogP contribution in [0, 0.1) is 0 Å². The first-order chi connectivity index (χ1) is 9.29. The summed E-state index contributed by atoms with van der Waals surface area (Å²) in [6, 6.07) is 10.5. The van der Waals surface area contributed by atoms with Gasteiger partial charge in [-0.2, -0.15) is 0 Å². The van der Waals surface area contributed by atoms with E-state index < -0.39 is 0 Å². The molecule has 2 atom stereocenters. The van der Waals surface area contributed by atoms with E-state index in [1.807, 2.05) is 0 Å². The highest BCUT2D eigenvalue weighted by atomic mass is 16.5. The Hall–Kier alpha value is -1.06. The minimum absolute atomic E-state index is 0.403. The average molecular weight is 260 g/mol. The Morgan fingerprint density at radius 1 is 1.21 bits per heavy atom. The number of hydrogen-bond acceptors (Lipinski definition) is 3. The van der Waals surface area contributed by atoms with Crippen molar-refractivity contribution in [3.05, 3.63) is 29.8 Å². The highest BCUT2D eigenvalue weighted by molar-refractivity contribution is 5.57. The predicted octanol–water partition coefficient (Wildman–Crippen LogP) is 2.33. The molecule has 0 radical (unpaired) electrons. The van der Waals surface area contributed by atoms with Gasteiger partial charge in [0.15, 0.2) is 0 Å². The number of piperidine rings is 1. The number of fused-ring (bicyclic) bond motifs is 2. The lowest BCUT2D eigenvalue weighted by Crippen LogP contribution is -2.47. The maximum absolute atomic E-state index is 6.17. The monoisotopic (exact) mass is 260 g/mol. The van der Waals surface area contributed by atoms with E-state index in [9.17, 15) is 0 Å². The van der Waals surface area contributed by atoms with Gasteiger partial charge >= 0.3 is 0 Å². The molecule has 3 heteroatoms. The zero-order valence-corrected chi connectivity index (χ0v) is 11.7. The fourth-order valence-electron chi connectivity index (χ4n) is 3.80. The van der Waals surface area contributed by atoms with Gasteiger partial charge in [0.2, 0.25) is 0 Å². The van der Waals surface area contributed by atoms with E-state index >= 15 is 0 Å². The molecule has 3 rings (SSSR count). The molecule has 0 aromatic heterocycles. The minimum atomic E-state index is 0.403. The lowest BCUT2D eigenvalue weighted by molar-refractivity contribution is 0.202. The molecule has 2 unspecified atom stereocenters. The second kappa shape index (κ2) is 5.51. The molecule has 1 aromatic rings. The number of nitrogens with two attached hydrogens (primary N) is 1. The molecule has 2 saturated heterocycles. The van der Waals surface area contributed by atoms with Crippen molar-refractivity contribution >= 4 is 5.69 Å². The molecule has 19 heavy (non-hydrogen) atoms. The van der Waals surface area contributed by atoms with Crippen molar-refractivity contribution in [1.29, 1.82) is 0 Å². The summed E-state index contributed by atoms with van der Waals surface area (Å²) in [4.78, 5) is 2.65. The number of rotatable bonds is 4. The predicted molar refractivity (Wildman–Crippen MR) is 78.5 cm³/mol. The summed E-state index contributed by atoms with van der Waals surface area (Å²) in [5.41, 5.74) is 9.00. The van der Waals surface area contributed by atoms with E-state index in [0.717, 1.165) is 25.9 Å². The van der Waals surface area contributed by atoms with Crippen molar-refractivity contribution in [2.24, 2.45) is 5.73 Å². The van der Waals surface area contributed by atoms with Crippen LogP contribution in [0.5, 0.6) is 0 Å². The molecular weight excluding hydrogens is 236 g/mol. The molecule has 2 fully saturated rings. The number of benzene rings is 1. The smallest absolute Gasteiger partial charge is 0.0503 e. The molecular formula is C16H24N2O. The molecule has 2 bridgehead atoms. The van der Waals surface area contributed by atoms with Gasteiger partial charge < -0.3 is 15.4 Å². The van der Waals surface area contributed by atoms with Crippen molar-refractivity contribution in [2.45, 2.75) is 50.2 Å². The van der Waals surface area contributed by atoms with Crippen LogP contribution in [0.1, 0.15) is 31.2 Å². The van der Waals surface area contributed by atoms with E-state index in [2.05, 4.69) is 29.2 Å². The minimum Gasteiger partial charge on any atom is -0.384 e. The van der Waals surface area contributed by atoms with Gasteiger partial charge in [0.1, 0.15) is 0 Å². The Labute approximate surface area is 115 Å². The Kier molecular flexibility index (Phi) is 3.76. The van der Waals surface area contributed by atoms with Crippen molar-refractivity contribution in [2.75, 3.05) is 18.6 Å². The molecule has 0 spiro atoms. The maximum atomic E-state index is 6.17. The number of para-hydroxylation sites is 1. The maximum Gasteiger partial charge on any atom is 0.0503 e. The number of hydrogen-bond donors (Lipinski definition) is 1. The molecule has 2 N–H and O–H groups in total. The van der Waals surface area contributed by atoms with E-state index in [-0.39, 0.29) is 0 Å². The summed E-state index contributed by atoms with van der Waals surface area (Å²) in [5.74, 6) is 0. The van der Waals surface area contributed by atoms with Crippen molar-refractivity contribution < 1.29 is 4.74 Å². The molecule has 104 valence electrons. The standard InChI is InChI=1S/C16H24N2O/c1-19-9-8-12-4-2-3-5-16(12)18-14-6-7-15(18)11-13(17)10-14/h2-5,13-15H,6-11,17H2,1H3. The van der Waals surface area contributed by atoms with Crippen LogP contribution in [0.25, 0.3) is 0 Å². The van der Waals surface area contributed by atoms with Crippen LogP contribution in [0.4, 0.5) is 5.69 Å². The molecule has 0 aliphatic carbocycles. The van der Waals surface area contributed by atoms with Crippen LogP contribution in [0.3, 0.4) is 0 Å². The van der Waals surface area contributed by atoms with Crippen molar-refractivity contribution in [1.82, 2.24) is 0 Å².